The highest BCUT2D eigenvalue weighted by Crippen LogP contribution is 2.49. The molecule has 1 aliphatic carbocycles. The molecule has 112 valence electrons. The molecule has 1 saturated carbocycles. The molecule has 1 amide bonds. The normalized spacial score (nSPS) is 27.7. The van der Waals surface area contributed by atoms with Gasteiger partial charge in [0.05, 0.1) is 5.92 Å². The maximum Gasteiger partial charge on any atom is 0.308 e. The van der Waals surface area contributed by atoms with Crippen LogP contribution in [0.4, 0.5) is 0 Å². The van der Waals surface area contributed by atoms with Crippen molar-refractivity contribution in [2.24, 2.45) is 11.8 Å². The molecule has 0 aromatic heterocycles. The van der Waals surface area contributed by atoms with Gasteiger partial charge in [-0.05, 0) is 42.5 Å². The third-order valence-corrected chi connectivity index (χ3v) is 4.71. The van der Waals surface area contributed by atoms with Crippen molar-refractivity contribution >= 4 is 35.1 Å². The van der Waals surface area contributed by atoms with Crippen molar-refractivity contribution in [2.45, 2.75) is 18.8 Å². The molecule has 21 heavy (non-hydrogen) atoms. The lowest BCUT2D eigenvalue weighted by atomic mass is 10.1. The van der Waals surface area contributed by atoms with Gasteiger partial charge in [-0.2, -0.15) is 0 Å². The average Bonchev–Trinajstić information content (AvgIpc) is 3.05. The zero-order valence-electron chi connectivity index (χ0n) is 11.3. The molecule has 0 spiro atoms. The standard InChI is InChI=1S/C15H15Cl2NO3/c16-10-3-9(4-11(17)5-10)12-6-13(12)14(19)18-2-1-8(7-18)15(20)21/h3-5,8,12-13H,1-2,6-7H2,(H,20,21)/t8-,12+,13-/m1/s1. The summed E-state index contributed by atoms with van der Waals surface area (Å²) in [5, 5.41) is 10.1. The molecule has 6 heteroatoms. The number of carbonyl (C=O) groups is 2. The topological polar surface area (TPSA) is 57.6 Å². The van der Waals surface area contributed by atoms with Crippen LogP contribution in [0, 0.1) is 11.8 Å². The van der Waals surface area contributed by atoms with E-state index in [2.05, 4.69) is 0 Å². The zero-order valence-corrected chi connectivity index (χ0v) is 12.8. The number of carboxylic acid groups (broad SMARTS) is 1. The van der Waals surface area contributed by atoms with Gasteiger partial charge in [-0.1, -0.05) is 23.2 Å². The molecule has 1 aromatic rings. The van der Waals surface area contributed by atoms with Gasteiger partial charge in [0, 0.05) is 29.1 Å². The summed E-state index contributed by atoms with van der Waals surface area (Å²) in [6, 6.07) is 5.36. The number of benzene rings is 1. The minimum Gasteiger partial charge on any atom is -0.481 e. The van der Waals surface area contributed by atoms with Crippen molar-refractivity contribution in [3.8, 4) is 0 Å². The lowest BCUT2D eigenvalue weighted by Crippen LogP contribution is -2.31. The average molecular weight is 328 g/mol. The first-order valence-electron chi connectivity index (χ1n) is 6.93. The van der Waals surface area contributed by atoms with E-state index in [1.54, 1.807) is 11.0 Å². The Morgan fingerprint density at radius 2 is 1.86 bits per heavy atom. The monoisotopic (exact) mass is 327 g/mol. The third-order valence-electron chi connectivity index (χ3n) is 4.27. The lowest BCUT2D eigenvalue weighted by molar-refractivity contribution is -0.141. The van der Waals surface area contributed by atoms with Crippen molar-refractivity contribution in [3.63, 3.8) is 0 Å². The van der Waals surface area contributed by atoms with Gasteiger partial charge in [0.2, 0.25) is 5.91 Å². The molecule has 1 heterocycles. The molecule has 4 nitrogen and oxygen atoms in total. The van der Waals surface area contributed by atoms with E-state index in [0.717, 1.165) is 12.0 Å². The van der Waals surface area contributed by atoms with E-state index in [-0.39, 0.29) is 17.7 Å². The van der Waals surface area contributed by atoms with Crippen LogP contribution in [0.1, 0.15) is 24.3 Å². The van der Waals surface area contributed by atoms with E-state index in [1.807, 2.05) is 12.1 Å². The van der Waals surface area contributed by atoms with Crippen LogP contribution in [0.3, 0.4) is 0 Å². The van der Waals surface area contributed by atoms with E-state index in [4.69, 9.17) is 28.3 Å². The number of hydrogen-bond donors (Lipinski definition) is 1. The Morgan fingerprint density at radius 3 is 2.43 bits per heavy atom. The first-order valence-corrected chi connectivity index (χ1v) is 7.69. The summed E-state index contributed by atoms with van der Waals surface area (Å²) >= 11 is 12.0. The second kappa shape index (κ2) is 5.50. The quantitative estimate of drug-likeness (QED) is 0.928. The van der Waals surface area contributed by atoms with Gasteiger partial charge in [0.25, 0.3) is 0 Å². The molecule has 2 aliphatic rings. The van der Waals surface area contributed by atoms with Crippen LogP contribution >= 0.6 is 23.2 Å². The summed E-state index contributed by atoms with van der Waals surface area (Å²) in [6.07, 6.45) is 1.32. The highest BCUT2D eigenvalue weighted by Gasteiger charge is 2.47. The predicted molar refractivity (Wildman–Crippen MR) is 79.6 cm³/mol. The summed E-state index contributed by atoms with van der Waals surface area (Å²) in [6.45, 7) is 0.864. The molecule has 1 aromatic carbocycles. The van der Waals surface area contributed by atoms with Crippen LogP contribution < -0.4 is 0 Å². The fraction of sp³-hybridized carbons (Fsp3) is 0.467. The van der Waals surface area contributed by atoms with Crippen LogP contribution in [0.2, 0.25) is 10.0 Å². The Kier molecular flexibility index (Phi) is 3.84. The second-order valence-corrected chi connectivity index (χ2v) is 6.63. The summed E-state index contributed by atoms with van der Waals surface area (Å²) in [4.78, 5) is 25.0. The Morgan fingerprint density at radius 1 is 1.19 bits per heavy atom. The number of aliphatic carboxylic acids is 1. The van der Waals surface area contributed by atoms with Crippen molar-refractivity contribution in [1.29, 1.82) is 0 Å². The molecular weight excluding hydrogens is 313 g/mol. The molecule has 1 N–H and O–H groups in total. The number of likely N-dealkylation sites (tertiary alicyclic amines) is 1. The number of hydrogen-bond acceptors (Lipinski definition) is 2. The summed E-state index contributed by atoms with van der Waals surface area (Å²) in [5.41, 5.74) is 0.986. The van der Waals surface area contributed by atoms with Crippen molar-refractivity contribution in [3.05, 3.63) is 33.8 Å². The Balaban J connectivity index is 1.65. The van der Waals surface area contributed by atoms with Gasteiger partial charge >= 0.3 is 5.97 Å². The molecule has 0 radical (unpaired) electrons. The fourth-order valence-corrected chi connectivity index (χ4v) is 3.57. The maximum absolute atomic E-state index is 12.4. The third kappa shape index (κ3) is 3.01. The van der Waals surface area contributed by atoms with E-state index >= 15 is 0 Å². The van der Waals surface area contributed by atoms with Crippen LogP contribution in [0.5, 0.6) is 0 Å². The van der Waals surface area contributed by atoms with E-state index in [0.29, 0.717) is 29.6 Å². The van der Waals surface area contributed by atoms with Crippen LogP contribution in [0.25, 0.3) is 0 Å². The number of rotatable bonds is 3. The molecule has 0 bridgehead atoms. The Bertz CT molecular complexity index is 584. The summed E-state index contributed by atoms with van der Waals surface area (Å²) < 4.78 is 0. The number of halogens is 2. The van der Waals surface area contributed by atoms with Gasteiger partial charge in [0.15, 0.2) is 0 Å². The SMILES string of the molecule is O=C(O)[C@@H]1CCN(C(=O)[C@@H]2C[C@H]2c2cc(Cl)cc(Cl)c2)C1. The summed E-state index contributed by atoms with van der Waals surface area (Å²) in [7, 11) is 0. The molecule has 0 unspecified atom stereocenters. The van der Waals surface area contributed by atoms with E-state index in [1.165, 1.54) is 0 Å². The van der Waals surface area contributed by atoms with E-state index in [9.17, 15) is 9.59 Å². The largest absolute Gasteiger partial charge is 0.481 e. The van der Waals surface area contributed by atoms with Gasteiger partial charge in [0.1, 0.15) is 0 Å². The van der Waals surface area contributed by atoms with Crippen molar-refractivity contribution in [1.82, 2.24) is 4.90 Å². The van der Waals surface area contributed by atoms with Crippen LogP contribution in [-0.4, -0.2) is 35.0 Å². The van der Waals surface area contributed by atoms with Crippen LogP contribution in [-0.2, 0) is 9.59 Å². The highest BCUT2D eigenvalue weighted by atomic mass is 35.5. The molecule has 3 rings (SSSR count). The predicted octanol–water partition coefficient (Wildman–Crippen LogP) is 3.03. The molecule has 3 atom stereocenters. The first kappa shape index (κ1) is 14.7. The molecule has 1 saturated heterocycles. The fourth-order valence-electron chi connectivity index (χ4n) is 3.02. The lowest BCUT2D eigenvalue weighted by Gasteiger charge is -2.15. The molecule has 1 aliphatic heterocycles. The Labute approximate surface area is 132 Å². The van der Waals surface area contributed by atoms with Crippen molar-refractivity contribution in [2.75, 3.05) is 13.1 Å². The minimum absolute atomic E-state index is 0.0554. The molecular formula is C15H15Cl2NO3. The summed E-state index contributed by atoms with van der Waals surface area (Å²) in [5.74, 6) is -1.10. The second-order valence-electron chi connectivity index (χ2n) is 5.76. The first-order chi connectivity index (χ1) is 9.95. The minimum atomic E-state index is -0.820. The van der Waals surface area contributed by atoms with Gasteiger partial charge < -0.3 is 10.0 Å². The number of carboxylic acids is 1. The number of carbonyl (C=O) groups excluding carboxylic acids is 1. The molecule has 2 fully saturated rings. The van der Waals surface area contributed by atoms with Crippen molar-refractivity contribution < 1.29 is 14.7 Å². The van der Waals surface area contributed by atoms with Gasteiger partial charge in [-0.3, -0.25) is 9.59 Å². The highest BCUT2D eigenvalue weighted by molar-refractivity contribution is 6.34. The zero-order chi connectivity index (χ0) is 15.1. The van der Waals surface area contributed by atoms with Crippen LogP contribution in [0.15, 0.2) is 18.2 Å². The number of amides is 1. The Hall–Kier alpha value is -1.26. The maximum atomic E-state index is 12.4. The smallest absolute Gasteiger partial charge is 0.308 e. The number of nitrogens with zero attached hydrogens (tertiary/aromatic N) is 1. The van der Waals surface area contributed by atoms with Gasteiger partial charge in [-0.25, -0.2) is 0 Å². The van der Waals surface area contributed by atoms with Gasteiger partial charge in [-0.15, -0.1) is 0 Å². The van der Waals surface area contributed by atoms with E-state index < -0.39 is 11.9 Å².